The second-order valence-corrected chi connectivity index (χ2v) is 9.41. The molecule has 0 spiro atoms. The van der Waals surface area contributed by atoms with Gasteiger partial charge in [-0.25, -0.2) is 0 Å². The Morgan fingerprint density at radius 3 is 1.36 bits per heavy atom. The summed E-state index contributed by atoms with van der Waals surface area (Å²) in [7, 11) is 0. The normalized spacial score (nSPS) is 16.2. The van der Waals surface area contributed by atoms with Gasteiger partial charge in [0.2, 0.25) is 0 Å². The topological polar surface area (TPSA) is 112 Å². The molecule has 0 saturated heterocycles. The quantitative estimate of drug-likeness (QED) is 0.117. The van der Waals surface area contributed by atoms with Crippen molar-refractivity contribution < 1.29 is 34.2 Å². The van der Waals surface area contributed by atoms with Gasteiger partial charge in [-0.05, 0) is 51.4 Å². The van der Waals surface area contributed by atoms with Gasteiger partial charge in [0.1, 0.15) is 17.8 Å². The van der Waals surface area contributed by atoms with E-state index < -0.39 is 35.7 Å². The van der Waals surface area contributed by atoms with Crippen molar-refractivity contribution in [2.75, 3.05) is 26.2 Å². The van der Waals surface area contributed by atoms with E-state index in [2.05, 4.69) is 19.1 Å². The molecule has 0 aromatic carbocycles. The fourth-order valence-corrected chi connectivity index (χ4v) is 4.49. The number of carbonyl (C=O) groups is 3. The van der Waals surface area contributed by atoms with E-state index in [9.17, 15) is 29.7 Å². The van der Waals surface area contributed by atoms with Gasteiger partial charge in [0.25, 0.3) is 0 Å². The predicted molar refractivity (Wildman–Crippen MR) is 131 cm³/mol. The minimum atomic E-state index is -0.899. The van der Waals surface area contributed by atoms with Gasteiger partial charge in [0.05, 0.1) is 26.2 Å². The molecule has 0 aliphatic rings. The maximum atomic E-state index is 11.9. The summed E-state index contributed by atoms with van der Waals surface area (Å²) in [6.07, 6.45) is 13.0. The van der Waals surface area contributed by atoms with E-state index in [-0.39, 0.29) is 24.1 Å². The number of aliphatic carboxylic acids is 3. The molecule has 3 unspecified atom stereocenters. The lowest BCUT2D eigenvalue weighted by atomic mass is 9.95. The van der Waals surface area contributed by atoms with E-state index >= 15 is 0 Å². The molecule has 0 fully saturated rings. The summed E-state index contributed by atoms with van der Waals surface area (Å²) in [6.45, 7) is 9.07. The van der Waals surface area contributed by atoms with Crippen LogP contribution >= 0.6 is 0 Å². The van der Waals surface area contributed by atoms with E-state index in [1.165, 1.54) is 12.8 Å². The fraction of sp³-hybridized carbons (Fsp3) is 0.808. The highest BCUT2D eigenvalue weighted by molar-refractivity contribution is 5.71. The molecule has 7 heteroatoms. The number of allylic oxidation sites excluding steroid dienone is 2. The highest BCUT2D eigenvalue weighted by Crippen LogP contribution is 2.25. The number of rotatable bonds is 21. The smallest absolute Gasteiger partial charge is 0.312 e. The highest BCUT2D eigenvalue weighted by Gasteiger charge is 2.40. The van der Waals surface area contributed by atoms with Gasteiger partial charge in [0, 0.05) is 0 Å². The van der Waals surface area contributed by atoms with Crippen LogP contribution in [0.5, 0.6) is 0 Å². The van der Waals surface area contributed by atoms with E-state index in [1.807, 2.05) is 20.8 Å². The largest absolute Gasteiger partial charge is 0.481 e. The van der Waals surface area contributed by atoms with Crippen molar-refractivity contribution in [2.45, 2.75) is 91.9 Å². The average Bonchev–Trinajstić information content (AvgIpc) is 2.77. The molecule has 0 rings (SSSR count). The Kier molecular flexibility index (Phi) is 16.6. The van der Waals surface area contributed by atoms with Crippen molar-refractivity contribution in [1.82, 2.24) is 0 Å². The second-order valence-electron chi connectivity index (χ2n) is 9.41. The zero-order valence-corrected chi connectivity index (χ0v) is 21.3. The molecule has 0 amide bonds. The highest BCUT2D eigenvalue weighted by atomic mass is 16.4. The number of carboxylic acid groups (broad SMARTS) is 3. The minimum Gasteiger partial charge on any atom is -0.481 e. The van der Waals surface area contributed by atoms with Gasteiger partial charge in [0.15, 0.2) is 0 Å². The first-order valence-electron chi connectivity index (χ1n) is 12.8. The van der Waals surface area contributed by atoms with Crippen LogP contribution in [-0.2, 0) is 14.4 Å². The maximum Gasteiger partial charge on any atom is 0.312 e. The molecular weight excluding hydrogens is 422 g/mol. The summed E-state index contributed by atoms with van der Waals surface area (Å²) >= 11 is 0. The van der Waals surface area contributed by atoms with Crippen molar-refractivity contribution in [3.63, 3.8) is 0 Å². The first kappa shape index (κ1) is 31.1. The van der Waals surface area contributed by atoms with Crippen molar-refractivity contribution in [3.8, 4) is 0 Å². The molecule has 0 aromatic rings. The summed E-state index contributed by atoms with van der Waals surface area (Å²) in [4.78, 5) is 35.6. The van der Waals surface area contributed by atoms with Gasteiger partial charge in [-0.2, -0.15) is 0 Å². The van der Waals surface area contributed by atoms with Crippen LogP contribution in [0, 0.1) is 17.8 Å². The molecular formula is C26H48NO6+. The Morgan fingerprint density at radius 1 is 0.636 bits per heavy atom. The molecule has 0 aliphatic carbocycles. The molecule has 3 N–H and O–H groups in total. The van der Waals surface area contributed by atoms with Crippen LogP contribution in [0.25, 0.3) is 0 Å². The second kappa shape index (κ2) is 17.6. The maximum absolute atomic E-state index is 11.9. The standard InChI is InChI=1S/C26H47NO6/c1-5-9-10-11-12-13-14-15-16-17-27(18-21(6-2)24(28)29,19-22(7-3)25(30)31)20-23(8-4)26(32)33/h11-12,21-23H,5-10,13-20H2,1-4H3,(H2-,28,29,30,31,32,33)/p+1/b12-11+. The van der Waals surface area contributed by atoms with Crippen LogP contribution < -0.4 is 0 Å². The summed E-state index contributed by atoms with van der Waals surface area (Å²) in [6, 6.07) is 0. The predicted octanol–water partition coefficient (Wildman–Crippen LogP) is 5.44. The molecule has 0 radical (unpaired) electrons. The Hall–Kier alpha value is -1.89. The molecule has 0 saturated carbocycles. The fourth-order valence-electron chi connectivity index (χ4n) is 4.49. The van der Waals surface area contributed by atoms with Gasteiger partial charge >= 0.3 is 17.9 Å². The van der Waals surface area contributed by atoms with E-state index in [4.69, 9.17) is 0 Å². The Labute approximate surface area is 200 Å². The number of hydrogen-bond acceptors (Lipinski definition) is 3. The summed E-state index contributed by atoms with van der Waals surface area (Å²) in [5.74, 6) is -4.56. The third kappa shape index (κ3) is 12.8. The lowest BCUT2D eigenvalue weighted by Gasteiger charge is -2.43. The summed E-state index contributed by atoms with van der Waals surface area (Å²) in [5.41, 5.74) is 0. The van der Waals surface area contributed by atoms with Crippen molar-refractivity contribution >= 4 is 17.9 Å². The lowest BCUT2D eigenvalue weighted by Crippen LogP contribution is -2.58. The molecule has 33 heavy (non-hydrogen) atoms. The third-order valence-electron chi connectivity index (χ3n) is 6.74. The Balaban J connectivity index is 5.59. The van der Waals surface area contributed by atoms with Crippen molar-refractivity contribution in [3.05, 3.63) is 12.2 Å². The van der Waals surface area contributed by atoms with Crippen LogP contribution in [0.4, 0.5) is 0 Å². The number of nitrogens with zero attached hydrogens (tertiary/aromatic N) is 1. The Morgan fingerprint density at radius 2 is 1.03 bits per heavy atom. The van der Waals surface area contributed by atoms with Crippen LogP contribution in [0.15, 0.2) is 12.2 Å². The first-order valence-corrected chi connectivity index (χ1v) is 12.8. The van der Waals surface area contributed by atoms with E-state index in [0.717, 1.165) is 32.1 Å². The van der Waals surface area contributed by atoms with Crippen molar-refractivity contribution in [1.29, 1.82) is 0 Å². The number of hydrogen-bond donors (Lipinski definition) is 3. The van der Waals surface area contributed by atoms with Crippen LogP contribution in [0.1, 0.15) is 91.9 Å². The van der Waals surface area contributed by atoms with Gasteiger partial charge in [-0.3, -0.25) is 14.4 Å². The van der Waals surface area contributed by atoms with Gasteiger partial charge in [-0.1, -0.05) is 52.7 Å². The summed E-state index contributed by atoms with van der Waals surface area (Å²) < 4.78 is 0.243. The summed E-state index contributed by atoms with van der Waals surface area (Å²) in [5, 5.41) is 29.2. The zero-order valence-electron chi connectivity index (χ0n) is 21.3. The SMILES string of the molecule is CCCC/C=C/CCCCC[N+](CC(CC)C(=O)O)(CC(CC)C(=O)O)CC(CC)C(=O)O. The number of quaternary nitrogens is 1. The van der Waals surface area contributed by atoms with Crippen LogP contribution in [0.3, 0.4) is 0 Å². The van der Waals surface area contributed by atoms with Crippen LogP contribution in [-0.4, -0.2) is 63.9 Å². The molecule has 0 heterocycles. The molecule has 7 nitrogen and oxygen atoms in total. The van der Waals surface area contributed by atoms with E-state index in [1.54, 1.807) is 0 Å². The molecule has 3 atom stereocenters. The first-order chi connectivity index (χ1) is 15.7. The third-order valence-corrected chi connectivity index (χ3v) is 6.74. The lowest BCUT2D eigenvalue weighted by molar-refractivity contribution is -0.935. The number of unbranched alkanes of at least 4 members (excludes halogenated alkanes) is 5. The zero-order chi connectivity index (χ0) is 25.3. The molecule has 0 aliphatic heterocycles. The molecule has 192 valence electrons. The average molecular weight is 471 g/mol. The Bertz CT molecular complexity index is 544. The van der Waals surface area contributed by atoms with Gasteiger partial charge in [-0.15, -0.1) is 0 Å². The van der Waals surface area contributed by atoms with Crippen LogP contribution in [0.2, 0.25) is 0 Å². The number of carboxylic acids is 3. The molecule has 0 aromatic heterocycles. The minimum absolute atomic E-state index is 0.243. The van der Waals surface area contributed by atoms with E-state index in [0.29, 0.717) is 25.8 Å². The molecule has 0 bridgehead atoms. The van der Waals surface area contributed by atoms with Gasteiger partial charge < -0.3 is 19.8 Å². The van der Waals surface area contributed by atoms with Crippen molar-refractivity contribution in [2.24, 2.45) is 17.8 Å². The monoisotopic (exact) mass is 470 g/mol.